The number of aromatic nitrogens is 4. The van der Waals surface area contributed by atoms with E-state index in [1.807, 2.05) is 31.2 Å². The minimum atomic E-state index is -0.444. The predicted molar refractivity (Wildman–Crippen MR) is 103 cm³/mol. The van der Waals surface area contributed by atoms with Crippen molar-refractivity contribution in [2.24, 2.45) is 5.10 Å². The molecule has 4 aromatic rings. The summed E-state index contributed by atoms with van der Waals surface area (Å²) in [7, 11) is 0. The molecule has 0 aliphatic carbocycles. The summed E-state index contributed by atoms with van der Waals surface area (Å²) in [5.74, 6) is 0.276. The SMILES string of the molecule is CCn1c2ccccc2c2nnc(N/N=C/c3ccc([N+](=O)[O-])cc3)nc21. The van der Waals surface area contributed by atoms with E-state index in [-0.39, 0.29) is 11.6 Å². The number of nitro groups is 1. The molecular formula is C18H15N7O2. The van der Waals surface area contributed by atoms with E-state index in [4.69, 9.17) is 0 Å². The number of anilines is 1. The zero-order valence-corrected chi connectivity index (χ0v) is 14.4. The largest absolute Gasteiger partial charge is 0.324 e. The smallest absolute Gasteiger partial charge is 0.269 e. The Morgan fingerprint density at radius 3 is 2.70 bits per heavy atom. The third kappa shape index (κ3) is 3.06. The molecule has 4 rings (SSSR count). The van der Waals surface area contributed by atoms with Gasteiger partial charge in [-0.25, -0.2) is 5.43 Å². The number of nitro benzene ring substituents is 1. The number of hydrogen-bond acceptors (Lipinski definition) is 7. The summed E-state index contributed by atoms with van der Waals surface area (Å²) in [5, 5.41) is 24.1. The van der Waals surface area contributed by atoms with Gasteiger partial charge < -0.3 is 4.57 Å². The summed E-state index contributed by atoms with van der Waals surface area (Å²) in [4.78, 5) is 14.8. The van der Waals surface area contributed by atoms with E-state index >= 15 is 0 Å². The van der Waals surface area contributed by atoms with Crippen molar-refractivity contribution in [3.8, 4) is 0 Å². The fourth-order valence-electron chi connectivity index (χ4n) is 2.92. The van der Waals surface area contributed by atoms with Crippen molar-refractivity contribution in [3.05, 3.63) is 64.2 Å². The molecule has 2 aromatic carbocycles. The fourth-order valence-corrected chi connectivity index (χ4v) is 2.92. The molecule has 0 aliphatic heterocycles. The van der Waals surface area contributed by atoms with Crippen LogP contribution in [0, 0.1) is 10.1 Å². The van der Waals surface area contributed by atoms with Gasteiger partial charge in [-0.2, -0.15) is 10.1 Å². The van der Waals surface area contributed by atoms with Crippen molar-refractivity contribution in [1.29, 1.82) is 0 Å². The Labute approximate surface area is 153 Å². The first-order chi connectivity index (χ1) is 13.2. The van der Waals surface area contributed by atoms with E-state index in [1.165, 1.54) is 18.3 Å². The summed E-state index contributed by atoms with van der Waals surface area (Å²) < 4.78 is 2.07. The monoisotopic (exact) mass is 361 g/mol. The molecule has 27 heavy (non-hydrogen) atoms. The predicted octanol–water partition coefficient (Wildman–Crippen LogP) is 3.35. The molecule has 9 heteroatoms. The molecule has 1 N–H and O–H groups in total. The van der Waals surface area contributed by atoms with Crippen LogP contribution in [0.1, 0.15) is 12.5 Å². The number of rotatable bonds is 5. The third-order valence-electron chi connectivity index (χ3n) is 4.17. The van der Waals surface area contributed by atoms with Crippen molar-refractivity contribution >= 4 is 39.9 Å². The van der Waals surface area contributed by atoms with Gasteiger partial charge in [0.1, 0.15) is 5.52 Å². The summed E-state index contributed by atoms with van der Waals surface area (Å²) in [6, 6.07) is 14.0. The van der Waals surface area contributed by atoms with Gasteiger partial charge in [-0.1, -0.05) is 18.2 Å². The van der Waals surface area contributed by atoms with Gasteiger partial charge in [0.05, 0.1) is 16.7 Å². The van der Waals surface area contributed by atoms with Crippen LogP contribution in [0.5, 0.6) is 0 Å². The van der Waals surface area contributed by atoms with Gasteiger partial charge in [0, 0.05) is 24.1 Å². The lowest BCUT2D eigenvalue weighted by atomic mass is 10.2. The summed E-state index contributed by atoms with van der Waals surface area (Å²) in [5.41, 5.74) is 6.05. The Balaban J connectivity index is 1.61. The molecule has 0 saturated carbocycles. The highest BCUT2D eigenvalue weighted by Gasteiger charge is 2.13. The molecule has 0 saturated heterocycles. The summed E-state index contributed by atoms with van der Waals surface area (Å²) in [6.45, 7) is 2.81. The van der Waals surface area contributed by atoms with E-state index < -0.39 is 4.92 Å². The van der Waals surface area contributed by atoms with E-state index in [0.29, 0.717) is 5.56 Å². The zero-order valence-electron chi connectivity index (χ0n) is 14.4. The maximum absolute atomic E-state index is 10.7. The molecule has 0 amide bonds. The van der Waals surface area contributed by atoms with Crippen LogP contribution in [-0.4, -0.2) is 30.9 Å². The lowest BCUT2D eigenvalue weighted by molar-refractivity contribution is -0.384. The van der Waals surface area contributed by atoms with Crippen LogP contribution >= 0.6 is 0 Å². The normalized spacial score (nSPS) is 11.4. The first-order valence-electron chi connectivity index (χ1n) is 8.32. The number of aryl methyl sites for hydroxylation is 1. The van der Waals surface area contributed by atoms with Crippen LogP contribution in [0.25, 0.3) is 22.1 Å². The second kappa shape index (κ2) is 6.79. The van der Waals surface area contributed by atoms with Gasteiger partial charge in [0.25, 0.3) is 11.6 Å². The molecule has 0 unspecified atom stereocenters. The molecule has 0 atom stereocenters. The highest BCUT2D eigenvalue weighted by molar-refractivity contribution is 6.04. The third-order valence-corrected chi connectivity index (χ3v) is 4.17. The quantitative estimate of drug-likeness (QED) is 0.331. The second-order valence-electron chi connectivity index (χ2n) is 5.79. The first kappa shape index (κ1) is 16.6. The van der Waals surface area contributed by atoms with Crippen molar-refractivity contribution in [2.45, 2.75) is 13.5 Å². The van der Waals surface area contributed by atoms with Gasteiger partial charge >= 0.3 is 0 Å². The van der Waals surface area contributed by atoms with E-state index in [0.717, 1.165) is 28.6 Å². The fraction of sp³-hybridized carbons (Fsp3) is 0.111. The number of hydrazone groups is 1. The number of non-ortho nitro benzene ring substituents is 1. The van der Waals surface area contributed by atoms with Gasteiger partial charge in [-0.15, -0.1) is 10.2 Å². The lowest BCUT2D eigenvalue weighted by Gasteiger charge is -2.02. The van der Waals surface area contributed by atoms with Crippen molar-refractivity contribution in [3.63, 3.8) is 0 Å². The molecule has 134 valence electrons. The average Bonchev–Trinajstić information content (AvgIpc) is 3.01. The Hall–Kier alpha value is -3.88. The Kier molecular flexibility index (Phi) is 4.17. The second-order valence-corrected chi connectivity index (χ2v) is 5.79. The molecule has 0 bridgehead atoms. The molecule has 2 aromatic heterocycles. The minimum Gasteiger partial charge on any atom is -0.324 e. The maximum atomic E-state index is 10.7. The van der Waals surface area contributed by atoms with E-state index in [1.54, 1.807) is 12.1 Å². The Morgan fingerprint density at radius 1 is 1.19 bits per heavy atom. The van der Waals surface area contributed by atoms with Gasteiger partial charge in [0.15, 0.2) is 5.65 Å². The van der Waals surface area contributed by atoms with E-state index in [9.17, 15) is 10.1 Å². The highest BCUT2D eigenvalue weighted by atomic mass is 16.6. The van der Waals surface area contributed by atoms with Crippen LogP contribution in [0.15, 0.2) is 53.6 Å². The van der Waals surface area contributed by atoms with Gasteiger partial charge in [-0.05, 0) is 30.7 Å². The summed E-state index contributed by atoms with van der Waals surface area (Å²) >= 11 is 0. The number of para-hydroxylation sites is 1. The number of nitrogens with zero attached hydrogens (tertiary/aromatic N) is 6. The van der Waals surface area contributed by atoms with Crippen molar-refractivity contribution < 1.29 is 4.92 Å². The summed E-state index contributed by atoms with van der Waals surface area (Å²) in [6.07, 6.45) is 1.53. The maximum Gasteiger partial charge on any atom is 0.269 e. The molecule has 0 spiro atoms. The lowest BCUT2D eigenvalue weighted by Crippen LogP contribution is -2.02. The van der Waals surface area contributed by atoms with Crippen LogP contribution < -0.4 is 5.43 Å². The number of hydrogen-bond donors (Lipinski definition) is 1. The van der Waals surface area contributed by atoms with Gasteiger partial charge in [-0.3, -0.25) is 10.1 Å². The highest BCUT2D eigenvalue weighted by Crippen LogP contribution is 2.26. The van der Waals surface area contributed by atoms with Crippen LogP contribution in [0.3, 0.4) is 0 Å². The van der Waals surface area contributed by atoms with Crippen molar-refractivity contribution in [1.82, 2.24) is 19.7 Å². The number of fused-ring (bicyclic) bond motifs is 3. The van der Waals surface area contributed by atoms with Crippen molar-refractivity contribution in [2.75, 3.05) is 5.43 Å². The molecule has 0 fully saturated rings. The number of benzene rings is 2. The molecule has 2 heterocycles. The Morgan fingerprint density at radius 2 is 1.96 bits per heavy atom. The standard InChI is InChI=1S/C18H15N7O2/c1-2-24-15-6-4-3-5-14(15)16-17(24)20-18(23-21-16)22-19-11-12-7-9-13(10-8-12)25(26)27/h3-11H,2H2,1H3,(H,20,22,23)/b19-11+. The van der Waals surface area contributed by atoms with Crippen LogP contribution in [0.4, 0.5) is 11.6 Å². The molecule has 0 aliphatic rings. The minimum absolute atomic E-state index is 0.0329. The van der Waals surface area contributed by atoms with Crippen LogP contribution in [0.2, 0.25) is 0 Å². The first-order valence-corrected chi connectivity index (χ1v) is 8.32. The number of nitrogens with one attached hydrogen (secondary N) is 1. The Bertz CT molecular complexity index is 1170. The molecule has 0 radical (unpaired) electrons. The molecule has 9 nitrogen and oxygen atoms in total. The van der Waals surface area contributed by atoms with Gasteiger partial charge in [0.2, 0.25) is 0 Å². The topological polar surface area (TPSA) is 111 Å². The average molecular weight is 361 g/mol. The van der Waals surface area contributed by atoms with Crippen LogP contribution in [-0.2, 0) is 6.54 Å². The zero-order chi connectivity index (χ0) is 18.8. The van der Waals surface area contributed by atoms with E-state index in [2.05, 4.69) is 30.3 Å². The molecular weight excluding hydrogens is 346 g/mol.